The monoisotopic (exact) mass is 386 g/mol. The fourth-order valence-corrected chi connectivity index (χ4v) is 1.48. The van der Waals surface area contributed by atoms with Crippen LogP contribution in [0.4, 0.5) is 0 Å². The molecule has 10 heteroatoms. The van der Waals surface area contributed by atoms with E-state index in [0.717, 1.165) is 0 Å². The lowest BCUT2D eigenvalue weighted by Crippen LogP contribution is -2.15. The summed E-state index contributed by atoms with van der Waals surface area (Å²) in [5.74, 6) is -1.02. The first-order valence-electron chi connectivity index (χ1n) is 7.25. The third kappa shape index (κ3) is 17.1. The number of halogens is 2. The summed E-state index contributed by atoms with van der Waals surface area (Å²) in [6.45, 7) is 1.12. The third-order valence-electron chi connectivity index (χ3n) is 2.40. The van der Waals surface area contributed by atoms with Crippen molar-refractivity contribution in [2.75, 3.05) is 39.6 Å². The Morgan fingerprint density at radius 3 is 1.21 bits per heavy atom. The summed E-state index contributed by atoms with van der Waals surface area (Å²) in [5.41, 5.74) is 0. The number of esters is 2. The van der Waals surface area contributed by atoms with Gasteiger partial charge in [-0.1, -0.05) is 0 Å². The van der Waals surface area contributed by atoms with Gasteiger partial charge in [0.2, 0.25) is 10.5 Å². The molecule has 0 saturated carbocycles. The highest BCUT2D eigenvalue weighted by Gasteiger charge is 2.06. The van der Waals surface area contributed by atoms with Crippen molar-refractivity contribution < 1.29 is 38.1 Å². The Kier molecular flexibility index (Phi) is 14.5. The molecule has 0 saturated heterocycles. The second-order valence-corrected chi connectivity index (χ2v) is 5.22. The normalized spacial score (nSPS) is 10.2. The minimum absolute atomic E-state index is 0.0524. The van der Waals surface area contributed by atoms with Crippen molar-refractivity contribution in [3.63, 3.8) is 0 Å². The summed E-state index contributed by atoms with van der Waals surface area (Å²) >= 11 is 10.2. The van der Waals surface area contributed by atoms with Crippen LogP contribution < -0.4 is 0 Å². The summed E-state index contributed by atoms with van der Waals surface area (Å²) in [4.78, 5) is 43.1. The quantitative estimate of drug-likeness (QED) is 0.235. The van der Waals surface area contributed by atoms with Crippen LogP contribution in [0.1, 0.15) is 25.7 Å². The molecule has 8 nitrogen and oxygen atoms in total. The molecule has 24 heavy (non-hydrogen) atoms. The van der Waals surface area contributed by atoms with E-state index in [1.807, 2.05) is 0 Å². The number of ether oxygens (including phenoxy) is 4. The molecule has 0 aliphatic heterocycles. The van der Waals surface area contributed by atoms with Crippen LogP contribution in [0.2, 0.25) is 0 Å². The Bertz CT molecular complexity index is 376. The average Bonchev–Trinajstić information content (AvgIpc) is 2.52. The van der Waals surface area contributed by atoms with Gasteiger partial charge in [-0.2, -0.15) is 0 Å². The smallest absolute Gasteiger partial charge is 0.306 e. The van der Waals surface area contributed by atoms with E-state index in [9.17, 15) is 19.2 Å². The van der Waals surface area contributed by atoms with Gasteiger partial charge in [0.25, 0.3) is 0 Å². The Morgan fingerprint density at radius 1 is 0.542 bits per heavy atom. The molecule has 0 aromatic heterocycles. The second-order valence-electron chi connectivity index (χ2n) is 4.38. The molecular weight excluding hydrogens is 367 g/mol. The Morgan fingerprint density at radius 2 is 0.875 bits per heavy atom. The van der Waals surface area contributed by atoms with Gasteiger partial charge in [-0.3, -0.25) is 19.2 Å². The van der Waals surface area contributed by atoms with E-state index in [0.29, 0.717) is 0 Å². The molecule has 0 bridgehead atoms. The van der Waals surface area contributed by atoms with E-state index in [2.05, 4.69) is 0 Å². The van der Waals surface area contributed by atoms with Crippen molar-refractivity contribution >= 4 is 45.6 Å². The first-order chi connectivity index (χ1) is 11.4. The standard InChI is InChI=1S/C14H20Cl2O8/c15-11(17)1-3-13(19)23-9-7-21-5-6-22-8-10-24-14(20)4-2-12(16)18/h1-10H2. The predicted molar refractivity (Wildman–Crippen MR) is 83.7 cm³/mol. The van der Waals surface area contributed by atoms with Gasteiger partial charge in [0.05, 0.1) is 39.3 Å². The minimum Gasteiger partial charge on any atom is -0.463 e. The Labute approximate surface area is 149 Å². The fourth-order valence-electron chi connectivity index (χ4n) is 1.30. The maximum atomic E-state index is 11.1. The lowest BCUT2D eigenvalue weighted by molar-refractivity contribution is -0.147. The molecule has 0 amide bonds. The Hall–Kier alpha value is -1.22. The van der Waals surface area contributed by atoms with Crippen LogP contribution in [0.3, 0.4) is 0 Å². The van der Waals surface area contributed by atoms with E-state index < -0.39 is 22.4 Å². The topological polar surface area (TPSA) is 105 Å². The van der Waals surface area contributed by atoms with Crippen molar-refractivity contribution in [3.8, 4) is 0 Å². The van der Waals surface area contributed by atoms with Crippen molar-refractivity contribution in [2.45, 2.75) is 25.7 Å². The van der Waals surface area contributed by atoms with Gasteiger partial charge in [-0.25, -0.2) is 0 Å². The molecule has 0 heterocycles. The summed E-state index contributed by atoms with van der Waals surface area (Å²) < 4.78 is 19.9. The zero-order valence-electron chi connectivity index (χ0n) is 13.1. The molecule has 0 radical (unpaired) electrons. The van der Waals surface area contributed by atoms with E-state index in [1.165, 1.54) is 0 Å². The highest BCUT2D eigenvalue weighted by atomic mass is 35.5. The summed E-state index contributed by atoms with van der Waals surface area (Å²) in [5, 5.41) is -1.17. The molecule has 0 aliphatic carbocycles. The molecule has 0 aromatic carbocycles. The van der Waals surface area contributed by atoms with Crippen molar-refractivity contribution in [2.24, 2.45) is 0 Å². The number of hydrogen-bond donors (Lipinski definition) is 0. The highest BCUT2D eigenvalue weighted by Crippen LogP contribution is 1.98. The second kappa shape index (κ2) is 15.3. The van der Waals surface area contributed by atoms with Gasteiger partial charge in [-0.15, -0.1) is 0 Å². The Balaban J connectivity index is 3.28. The maximum absolute atomic E-state index is 11.1. The summed E-state index contributed by atoms with van der Waals surface area (Å²) in [7, 11) is 0. The lowest BCUT2D eigenvalue weighted by Gasteiger charge is -2.07. The SMILES string of the molecule is O=C(Cl)CCC(=O)OCCOCCOCCOC(=O)CCC(=O)Cl. The molecule has 0 atom stereocenters. The summed E-state index contributed by atoms with van der Waals surface area (Å²) in [6, 6.07) is 0. The molecule has 138 valence electrons. The van der Waals surface area contributed by atoms with Crippen LogP contribution in [-0.4, -0.2) is 62.1 Å². The molecule has 0 spiro atoms. The first kappa shape index (κ1) is 22.8. The van der Waals surface area contributed by atoms with E-state index in [4.69, 9.17) is 42.1 Å². The molecule has 0 aromatic rings. The third-order valence-corrected chi connectivity index (χ3v) is 2.78. The van der Waals surface area contributed by atoms with Crippen LogP contribution in [0, 0.1) is 0 Å². The maximum Gasteiger partial charge on any atom is 0.306 e. The van der Waals surface area contributed by atoms with Crippen molar-refractivity contribution in [1.29, 1.82) is 0 Å². The van der Waals surface area contributed by atoms with Gasteiger partial charge < -0.3 is 18.9 Å². The predicted octanol–water partition coefficient (Wildman–Crippen LogP) is 1.20. The number of carbonyl (C=O) groups excluding carboxylic acids is 4. The highest BCUT2D eigenvalue weighted by molar-refractivity contribution is 6.63. The number of hydrogen-bond acceptors (Lipinski definition) is 8. The van der Waals surface area contributed by atoms with Crippen LogP contribution in [0.25, 0.3) is 0 Å². The molecule has 0 unspecified atom stereocenters. The van der Waals surface area contributed by atoms with Crippen molar-refractivity contribution in [1.82, 2.24) is 0 Å². The number of rotatable bonds is 15. The molecule has 0 aliphatic rings. The average molecular weight is 387 g/mol. The van der Waals surface area contributed by atoms with Gasteiger partial charge in [0.15, 0.2) is 0 Å². The van der Waals surface area contributed by atoms with Crippen LogP contribution in [0.5, 0.6) is 0 Å². The summed E-state index contributed by atoms with van der Waals surface area (Å²) in [6.07, 6.45) is -0.212. The van der Waals surface area contributed by atoms with Crippen LogP contribution in [0.15, 0.2) is 0 Å². The van der Waals surface area contributed by atoms with Crippen LogP contribution in [-0.2, 0) is 38.1 Å². The lowest BCUT2D eigenvalue weighted by atomic mass is 10.3. The van der Waals surface area contributed by atoms with Gasteiger partial charge >= 0.3 is 11.9 Å². The zero-order chi connectivity index (χ0) is 18.2. The van der Waals surface area contributed by atoms with E-state index >= 15 is 0 Å². The minimum atomic E-state index is -0.585. The van der Waals surface area contributed by atoms with Gasteiger partial charge in [0, 0.05) is 12.8 Å². The van der Waals surface area contributed by atoms with E-state index in [1.54, 1.807) is 0 Å². The van der Waals surface area contributed by atoms with Crippen molar-refractivity contribution in [3.05, 3.63) is 0 Å². The molecular formula is C14H20Cl2O8. The zero-order valence-corrected chi connectivity index (χ0v) is 14.6. The van der Waals surface area contributed by atoms with Gasteiger partial charge in [-0.05, 0) is 23.2 Å². The number of carbonyl (C=O) groups is 4. The van der Waals surface area contributed by atoms with Crippen LogP contribution >= 0.6 is 23.2 Å². The largest absolute Gasteiger partial charge is 0.463 e. The van der Waals surface area contributed by atoms with Gasteiger partial charge in [0.1, 0.15) is 13.2 Å². The molecule has 0 N–H and O–H groups in total. The van der Waals surface area contributed by atoms with E-state index in [-0.39, 0.29) is 65.3 Å². The molecule has 0 fully saturated rings. The molecule has 0 rings (SSSR count). The first-order valence-corrected chi connectivity index (χ1v) is 8.00. The fraction of sp³-hybridized carbons (Fsp3) is 0.714.